The van der Waals surface area contributed by atoms with Crippen LogP contribution in [0.5, 0.6) is 0 Å². The van der Waals surface area contributed by atoms with Gasteiger partial charge in [0.05, 0.1) is 6.04 Å². The molecule has 0 radical (unpaired) electrons. The number of halogens is 3. The third-order valence-electron chi connectivity index (χ3n) is 7.13. The molecule has 2 aromatic rings. The molecule has 2 aromatic carbocycles. The number of carbonyl (C=O) groups excluding carboxylic acids is 2. The average Bonchev–Trinajstić information content (AvgIpc) is 2.84. The van der Waals surface area contributed by atoms with E-state index in [0.717, 1.165) is 51.0 Å². The van der Waals surface area contributed by atoms with Crippen LogP contribution in [0.3, 0.4) is 0 Å². The van der Waals surface area contributed by atoms with Gasteiger partial charge in [0.25, 0.3) is 0 Å². The fourth-order valence-corrected chi connectivity index (χ4v) is 5.21. The second-order valence-corrected chi connectivity index (χ2v) is 9.75. The number of hydrogen-bond acceptors (Lipinski definition) is 3. The average molecular weight is 488 g/mol. The largest absolute Gasteiger partial charge is 0.338 e. The van der Waals surface area contributed by atoms with E-state index in [-0.39, 0.29) is 24.1 Å². The first-order chi connectivity index (χ1) is 16.8. The van der Waals surface area contributed by atoms with Gasteiger partial charge in [-0.25, -0.2) is 18.0 Å². The predicted molar refractivity (Wildman–Crippen MR) is 127 cm³/mol. The number of benzene rings is 2. The second-order valence-electron chi connectivity index (χ2n) is 9.75. The van der Waals surface area contributed by atoms with E-state index in [0.29, 0.717) is 24.4 Å². The Bertz CT molecular complexity index is 1040. The highest BCUT2D eigenvalue weighted by atomic mass is 19.2. The van der Waals surface area contributed by atoms with E-state index < -0.39 is 23.7 Å². The molecule has 35 heavy (non-hydrogen) atoms. The van der Waals surface area contributed by atoms with Crippen LogP contribution in [0, 0.1) is 23.4 Å². The predicted octanol–water partition coefficient (Wildman–Crippen LogP) is 5.38. The maximum absolute atomic E-state index is 13.8. The second kappa shape index (κ2) is 11.2. The highest BCUT2D eigenvalue weighted by Crippen LogP contribution is 2.35. The maximum Gasteiger partial charge on any atom is 0.324 e. The third kappa shape index (κ3) is 6.23. The van der Waals surface area contributed by atoms with Crippen molar-refractivity contribution in [3.8, 4) is 0 Å². The summed E-state index contributed by atoms with van der Waals surface area (Å²) in [4.78, 5) is 29.1. The molecule has 2 atom stereocenters. The lowest BCUT2D eigenvalue weighted by molar-refractivity contribution is -0.134. The molecule has 1 N–H and O–H groups in total. The third-order valence-corrected chi connectivity index (χ3v) is 7.13. The summed E-state index contributed by atoms with van der Waals surface area (Å²) in [6.07, 6.45) is 3.51. The van der Waals surface area contributed by atoms with E-state index in [1.807, 2.05) is 19.1 Å². The Morgan fingerprint density at radius 2 is 1.69 bits per heavy atom. The first kappa shape index (κ1) is 25.2. The van der Waals surface area contributed by atoms with Crippen molar-refractivity contribution in [3.63, 3.8) is 0 Å². The summed E-state index contributed by atoms with van der Waals surface area (Å²) >= 11 is 0. The van der Waals surface area contributed by atoms with E-state index in [4.69, 9.17) is 0 Å². The Kier molecular flexibility index (Phi) is 8.11. The number of nitrogens with zero attached hydrogens (tertiary/aromatic N) is 2. The molecular formula is C27H32F3N3O2. The minimum absolute atomic E-state index is 0.0440. The van der Waals surface area contributed by atoms with Crippen molar-refractivity contribution in [2.24, 2.45) is 5.92 Å². The molecule has 4 rings (SSSR count). The summed E-state index contributed by atoms with van der Waals surface area (Å²) in [6, 6.07) is 9.17. The van der Waals surface area contributed by atoms with Crippen LogP contribution in [0.4, 0.5) is 18.0 Å². The Balaban J connectivity index is 1.26. The number of carbonyl (C=O) groups is 2. The van der Waals surface area contributed by atoms with Crippen LogP contribution in [-0.2, 0) is 4.79 Å². The number of hydrogen-bond donors (Lipinski definition) is 1. The van der Waals surface area contributed by atoms with Crippen molar-refractivity contribution in [3.05, 3.63) is 71.0 Å². The van der Waals surface area contributed by atoms with Gasteiger partial charge >= 0.3 is 6.03 Å². The number of rotatable bonds is 6. The van der Waals surface area contributed by atoms with E-state index in [1.54, 1.807) is 0 Å². The van der Waals surface area contributed by atoms with E-state index >= 15 is 0 Å². The van der Waals surface area contributed by atoms with Crippen molar-refractivity contribution in [1.82, 2.24) is 15.1 Å². The molecule has 0 aliphatic carbocycles. The number of urea groups is 1. The van der Waals surface area contributed by atoms with Gasteiger partial charge < -0.3 is 10.2 Å². The van der Waals surface area contributed by atoms with Crippen molar-refractivity contribution >= 4 is 11.9 Å². The van der Waals surface area contributed by atoms with Crippen LogP contribution < -0.4 is 5.32 Å². The molecule has 188 valence electrons. The lowest BCUT2D eigenvalue weighted by atomic mass is 9.88. The molecule has 2 saturated heterocycles. The molecule has 5 nitrogen and oxygen atoms in total. The summed E-state index contributed by atoms with van der Waals surface area (Å²) in [5, 5.41) is 2.84. The Morgan fingerprint density at radius 1 is 1.00 bits per heavy atom. The topological polar surface area (TPSA) is 52.7 Å². The Labute approximate surface area is 204 Å². The van der Waals surface area contributed by atoms with Crippen molar-refractivity contribution in [1.29, 1.82) is 0 Å². The number of nitrogens with one attached hydrogen (secondary N) is 1. The van der Waals surface area contributed by atoms with Crippen molar-refractivity contribution in [2.75, 3.05) is 26.2 Å². The van der Waals surface area contributed by atoms with Gasteiger partial charge in [-0.05, 0) is 92.5 Å². The Hall–Kier alpha value is -2.87. The van der Waals surface area contributed by atoms with E-state index in [2.05, 4.69) is 10.2 Å². The van der Waals surface area contributed by atoms with Crippen LogP contribution in [-0.4, -0.2) is 47.9 Å². The Morgan fingerprint density at radius 3 is 2.37 bits per heavy atom. The van der Waals surface area contributed by atoms with Crippen LogP contribution in [0.15, 0.2) is 42.5 Å². The van der Waals surface area contributed by atoms with Crippen LogP contribution >= 0.6 is 0 Å². The van der Waals surface area contributed by atoms with Gasteiger partial charge in [0.2, 0.25) is 5.91 Å². The number of amides is 3. The summed E-state index contributed by atoms with van der Waals surface area (Å²) in [5.74, 6) is -1.99. The molecule has 2 aliphatic rings. The van der Waals surface area contributed by atoms with Gasteiger partial charge in [0.15, 0.2) is 11.6 Å². The molecule has 2 fully saturated rings. The van der Waals surface area contributed by atoms with Crippen LogP contribution in [0.25, 0.3) is 0 Å². The first-order valence-electron chi connectivity index (χ1n) is 12.3. The zero-order valence-corrected chi connectivity index (χ0v) is 20.0. The molecule has 2 aliphatic heterocycles. The quantitative estimate of drug-likeness (QED) is 0.557. The zero-order valence-electron chi connectivity index (χ0n) is 20.0. The summed E-state index contributed by atoms with van der Waals surface area (Å²) < 4.78 is 40.4. The highest BCUT2D eigenvalue weighted by molar-refractivity contribution is 5.95. The molecule has 0 bridgehead atoms. The number of likely N-dealkylation sites (tertiary alicyclic amines) is 2. The van der Waals surface area contributed by atoms with Gasteiger partial charge in [-0.3, -0.25) is 9.69 Å². The molecule has 0 unspecified atom stereocenters. The van der Waals surface area contributed by atoms with E-state index in [9.17, 15) is 22.8 Å². The van der Waals surface area contributed by atoms with Crippen LogP contribution in [0.2, 0.25) is 0 Å². The summed E-state index contributed by atoms with van der Waals surface area (Å²) in [6.45, 7) is 5.04. The molecule has 0 aromatic heterocycles. The first-order valence-corrected chi connectivity index (χ1v) is 12.3. The van der Waals surface area contributed by atoms with Gasteiger partial charge in [0.1, 0.15) is 5.82 Å². The van der Waals surface area contributed by atoms with Gasteiger partial charge in [0, 0.05) is 13.0 Å². The summed E-state index contributed by atoms with van der Waals surface area (Å²) in [7, 11) is 0. The lowest BCUT2D eigenvalue weighted by Gasteiger charge is -2.37. The molecule has 3 amide bonds. The smallest absolute Gasteiger partial charge is 0.324 e. The minimum Gasteiger partial charge on any atom is -0.338 e. The van der Waals surface area contributed by atoms with Gasteiger partial charge in [-0.15, -0.1) is 0 Å². The molecular weight excluding hydrogens is 455 g/mol. The molecule has 0 spiro atoms. The number of imide groups is 1. The monoisotopic (exact) mass is 487 g/mol. The molecule has 0 saturated carbocycles. The zero-order chi connectivity index (χ0) is 24.9. The van der Waals surface area contributed by atoms with E-state index in [1.165, 1.54) is 28.7 Å². The highest BCUT2D eigenvalue weighted by Gasteiger charge is 2.37. The SMILES string of the molecule is C[C@@H]1CC(=O)N(C(=O)NCCCN2CCC(c3ccc(F)cc3)CC2)[C@H](c2ccc(F)c(F)c2)C1. The maximum atomic E-state index is 13.8. The molecule has 8 heteroatoms. The number of piperidine rings is 2. The normalized spacial score (nSPS) is 21.8. The summed E-state index contributed by atoms with van der Waals surface area (Å²) in [5.41, 5.74) is 1.59. The minimum atomic E-state index is -0.989. The standard InChI is InChI=1S/C27H32F3N3O2/c1-18-15-25(21-5-8-23(29)24(30)17-21)33(26(34)16-18)27(35)31-11-2-12-32-13-9-20(10-14-32)19-3-6-22(28)7-4-19/h3-8,17-18,20,25H,2,9-16H2,1H3,(H,31,35)/t18-,25-/m0/s1. The fraction of sp³-hybridized carbons (Fsp3) is 0.481. The fourth-order valence-electron chi connectivity index (χ4n) is 5.21. The van der Waals surface area contributed by atoms with Gasteiger partial charge in [-0.1, -0.05) is 25.1 Å². The van der Waals surface area contributed by atoms with Crippen LogP contribution in [0.1, 0.15) is 62.1 Å². The molecule has 2 heterocycles. The van der Waals surface area contributed by atoms with Crippen molar-refractivity contribution < 1.29 is 22.8 Å². The van der Waals surface area contributed by atoms with Crippen molar-refractivity contribution in [2.45, 2.75) is 51.0 Å². The van der Waals surface area contributed by atoms with Gasteiger partial charge in [-0.2, -0.15) is 0 Å². The lowest BCUT2D eigenvalue weighted by Crippen LogP contribution is -2.49.